The molecule has 0 aliphatic rings. The minimum atomic E-state index is -0.183. The van der Waals surface area contributed by atoms with Crippen LogP contribution in [0.3, 0.4) is 0 Å². The van der Waals surface area contributed by atoms with Crippen molar-refractivity contribution >= 4 is 16.9 Å². The van der Waals surface area contributed by atoms with E-state index in [0.717, 1.165) is 11.1 Å². The first-order chi connectivity index (χ1) is 14.1. The van der Waals surface area contributed by atoms with Gasteiger partial charge in [-0.15, -0.1) is 0 Å². The second-order valence-electron chi connectivity index (χ2n) is 6.76. The van der Waals surface area contributed by atoms with E-state index in [0.29, 0.717) is 36.2 Å². The van der Waals surface area contributed by atoms with Crippen molar-refractivity contribution < 1.29 is 4.79 Å². The normalized spacial score (nSPS) is 10.9. The summed E-state index contributed by atoms with van der Waals surface area (Å²) in [6, 6.07) is 11.3. The molecule has 0 saturated heterocycles. The topological polar surface area (TPSA) is 94.7 Å². The highest BCUT2D eigenvalue weighted by atomic mass is 16.1. The molecule has 146 valence electrons. The number of aromatic nitrogens is 5. The fraction of sp³-hybridized carbons (Fsp3) is 0.190. The lowest BCUT2D eigenvalue weighted by Crippen LogP contribution is -2.27. The number of hydrogen-bond donors (Lipinski definition) is 1. The van der Waals surface area contributed by atoms with Crippen LogP contribution < -0.4 is 10.9 Å². The first kappa shape index (κ1) is 18.5. The van der Waals surface area contributed by atoms with Crippen LogP contribution in [-0.2, 0) is 13.1 Å². The van der Waals surface area contributed by atoms with Gasteiger partial charge in [0, 0.05) is 24.5 Å². The van der Waals surface area contributed by atoms with Crippen LogP contribution in [0, 0.1) is 6.92 Å². The highest BCUT2D eigenvalue weighted by Crippen LogP contribution is 2.08. The maximum atomic E-state index is 12.8. The van der Waals surface area contributed by atoms with Crippen LogP contribution >= 0.6 is 0 Å². The van der Waals surface area contributed by atoms with E-state index in [1.807, 2.05) is 31.2 Å². The monoisotopic (exact) mass is 388 g/mol. The molecule has 1 amide bonds. The van der Waals surface area contributed by atoms with Crippen LogP contribution in [0.2, 0.25) is 0 Å². The zero-order valence-electron chi connectivity index (χ0n) is 15.9. The van der Waals surface area contributed by atoms with E-state index in [2.05, 4.69) is 20.4 Å². The van der Waals surface area contributed by atoms with E-state index in [9.17, 15) is 9.59 Å². The van der Waals surface area contributed by atoms with Crippen LogP contribution in [0.1, 0.15) is 21.5 Å². The van der Waals surface area contributed by atoms with E-state index in [-0.39, 0.29) is 11.5 Å². The number of carbonyl (C=O) groups is 1. The summed E-state index contributed by atoms with van der Waals surface area (Å²) in [6.45, 7) is 3.25. The zero-order valence-corrected chi connectivity index (χ0v) is 15.9. The van der Waals surface area contributed by atoms with Crippen LogP contribution in [0.15, 0.2) is 66.1 Å². The number of rotatable bonds is 6. The van der Waals surface area contributed by atoms with Crippen molar-refractivity contribution in [2.45, 2.75) is 20.0 Å². The van der Waals surface area contributed by atoms with Crippen molar-refractivity contribution in [3.05, 3.63) is 88.4 Å². The Hall–Kier alpha value is -3.81. The Labute approximate surface area is 166 Å². The van der Waals surface area contributed by atoms with Gasteiger partial charge in [0.25, 0.3) is 11.5 Å². The molecular formula is C21H20N6O2. The summed E-state index contributed by atoms with van der Waals surface area (Å²) < 4.78 is 3.20. The molecule has 0 atom stereocenters. The smallest absolute Gasteiger partial charge is 0.264 e. The first-order valence-electron chi connectivity index (χ1n) is 9.26. The van der Waals surface area contributed by atoms with Crippen molar-refractivity contribution in [1.82, 2.24) is 29.6 Å². The summed E-state index contributed by atoms with van der Waals surface area (Å²) in [6.07, 6.45) is 6.21. The van der Waals surface area contributed by atoms with Crippen molar-refractivity contribution in [3.63, 3.8) is 0 Å². The molecule has 8 nitrogen and oxygen atoms in total. The molecule has 0 radical (unpaired) electrons. The lowest BCUT2D eigenvalue weighted by Gasteiger charge is -2.08. The number of nitrogens with zero attached hydrogens (tertiary/aromatic N) is 5. The van der Waals surface area contributed by atoms with E-state index < -0.39 is 0 Å². The van der Waals surface area contributed by atoms with E-state index in [4.69, 9.17) is 0 Å². The highest BCUT2D eigenvalue weighted by Gasteiger charge is 2.11. The molecule has 0 aliphatic heterocycles. The molecule has 8 heteroatoms. The minimum Gasteiger partial charge on any atom is -0.350 e. The van der Waals surface area contributed by atoms with Crippen molar-refractivity contribution in [2.24, 2.45) is 0 Å². The lowest BCUT2D eigenvalue weighted by atomic mass is 10.1. The summed E-state index contributed by atoms with van der Waals surface area (Å²) in [4.78, 5) is 33.2. The average Bonchev–Trinajstić information content (AvgIpc) is 3.14. The number of amides is 1. The molecule has 0 saturated carbocycles. The van der Waals surface area contributed by atoms with Crippen LogP contribution in [0.25, 0.3) is 11.0 Å². The fourth-order valence-corrected chi connectivity index (χ4v) is 3.16. The van der Waals surface area contributed by atoms with Gasteiger partial charge in [0.05, 0.1) is 19.3 Å². The van der Waals surface area contributed by atoms with Crippen molar-refractivity contribution in [1.29, 1.82) is 0 Å². The van der Waals surface area contributed by atoms with E-state index in [1.165, 1.54) is 6.20 Å². The van der Waals surface area contributed by atoms with Gasteiger partial charge in [0.15, 0.2) is 5.65 Å². The summed E-state index contributed by atoms with van der Waals surface area (Å²) in [7, 11) is 0. The predicted molar refractivity (Wildman–Crippen MR) is 109 cm³/mol. The lowest BCUT2D eigenvalue weighted by molar-refractivity contribution is 0.0952. The molecule has 0 bridgehead atoms. The Morgan fingerprint density at radius 1 is 1.17 bits per heavy atom. The number of carbonyl (C=O) groups excluding carboxylic acids is 1. The van der Waals surface area contributed by atoms with Crippen LogP contribution in [-0.4, -0.2) is 36.8 Å². The van der Waals surface area contributed by atoms with Gasteiger partial charge in [-0.25, -0.2) is 9.67 Å². The molecule has 3 aromatic heterocycles. The maximum absolute atomic E-state index is 12.8. The Kier molecular flexibility index (Phi) is 5.15. The highest BCUT2D eigenvalue weighted by molar-refractivity contribution is 5.93. The summed E-state index contributed by atoms with van der Waals surface area (Å²) in [5.74, 6) is -0.183. The van der Waals surface area contributed by atoms with E-state index in [1.54, 1.807) is 40.1 Å². The molecule has 3 heterocycles. The third-order valence-corrected chi connectivity index (χ3v) is 4.61. The van der Waals surface area contributed by atoms with Crippen molar-refractivity contribution in [2.75, 3.05) is 6.54 Å². The number of aryl methyl sites for hydroxylation is 1. The molecule has 0 unspecified atom stereocenters. The minimum absolute atomic E-state index is 0.136. The summed E-state index contributed by atoms with van der Waals surface area (Å²) in [5, 5.41) is 7.55. The molecule has 4 rings (SSSR count). The Morgan fingerprint density at radius 2 is 2.00 bits per heavy atom. The summed E-state index contributed by atoms with van der Waals surface area (Å²) >= 11 is 0. The number of benzene rings is 1. The van der Waals surface area contributed by atoms with Crippen LogP contribution in [0.4, 0.5) is 0 Å². The molecule has 1 N–H and O–H groups in total. The Balaban J connectivity index is 1.47. The fourth-order valence-electron chi connectivity index (χ4n) is 3.16. The van der Waals surface area contributed by atoms with Gasteiger partial charge in [0.1, 0.15) is 11.7 Å². The quantitative estimate of drug-likeness (QED) is 0.543. The zero-order chi connectivity index (χ0) is 20.2. The largest absolute Gasteiger partial charge is 0.350 e. The molecule has 4 aromatic rings. The van der Waals surface area contributed by atoms with E-state index >= 15 is 0 Å². The predicted octanol–water partition coefficient (Wildman–Crippen LogP) is 1.77. The first-order valence-corrected chi connectivity index (χ1v) is 9.26. The number of nitrogens with one attached hydrogen (secondary N) is 1. The third kappa shape index (κ3) is 4.06. The standard InChI is InChI=1S/C21H20N6O2/c1-15-3-2-4-16(11-15)13-26-14-24-19-18(21(26)29)12-25-27(19)10-9-23-20(28)17-5-7-22-8-6-17/h2-8,11-12,14H,9-10,13H2,1H3,(H,23,28). The Bertz CT molecular complexity index is 1210. The van der Waals surface area contributed by atoms with Gasteiger partial charge in [0.2, 0.25) is 0 Å². The van der Waals surface area contributed by atoms with Gasteiger partial charge in [-0.3, -0.25) is 19.1 Å². The van der Waals surface area contributed by atoms with Gasteiger partial charge >= 0.3 is 0 Å². The SMILES string of the molecule is Cc1cccc(Cn2cnc3c(cnn3CCNC(=O)c3ccncc3)c2=O)c1. The second kappa shape index (κ2) is 8.05. The number of fused-ring (bicyclic) bond motifs is 1. The Morgan fingerprint density at radius 3 is 2.79 bits per heavy atom. The third-order valence-electron chi connectivity index (χ3n) is 4.61. The number of pyridine rings is 1. The molecule has 0 aliphatic carbocycles. The average molecular weight is 388 g/mol. The number of hydrogen-bond acceptors (Lipinski definition) is 5. The van der Waals surface area contributed by atoms with Gasteiger partial charge in [-0.2, -0.15) is 5.10 Å². The van der Waals surface area contributed by atoms with Gasteiger partial charge in [-0.05, 0) is 24.6 Å². The van der Waals surface area contributed by atoms with Gasteiger partial charge in [-0.1, -0.05) is 29.8 Å². The molecule has 29 heavy (non-hydrogen) atoms. The maximum Gasteiger partial charge on any atom is 0.264 e. The van der Waals surface area contributed by atoms with Crippen molar-refractivity contribution in [3.8, 4) is 0 Å². The van der Waals surface area contributed by atoms with Gasteiger partial charge < -0.3 is 5.32 Å². The molecule has 0 fully saturated rings. The second-order valence-corrected chi connectivity index (χ2v) is 6.76. The van der Waals surface area contributed by atoms with Crippen LogP contribution in [0.5, 0.6) is 0 Å². The molecule has 1 aromatic carbocycles. The molecular weight excluding hydrogens is 368 g/mol. The summed E-state index contributed by atoms with van der Waals surface area (Å²) in [5.41, 5.74) is 3.10. The molecule has 0 spiro atoms.